The van der Waals surface area contributed by atoms with Gasteiger partial charge >= 0.3 is 0 Å². The number of benzene rings is 1. The second-order valence-corrected chi connectivity index (χ2v) is 5.57. The molecule has 1 aliphatic carbocycles. The minimum absolute atomic E-state index is 0.642. The Morgan fingerprint density at radius 3 is 2.75 bits per heavy atom. The van der Waals surface area contributed by atoms with Crippen LogP contribution in [0.2, 0.25) is 0 Å². The summed E-state index contributed by atoms with van der Waals surface area (Å²) in [7, 11) is 0. The molecule has 0 aliphatic heterocycles. The molecule has 3 rings (SSSR count). The summed E-state index contributed by atoms with van der Waals surface area (Å²) < 4.78 is 0. The Labute approximate surface area is 120 Å². The third-order valence-electron chi connectivity index (χ3n) is 3.57. The third-order valence-corrected chi connectivity index (χ3v) is 3.57. The van der Waals surface area contributed by atoms with E-state index in [0.717, 1.165) is 30.2 Å². The fourth-order valence-electron chi connectivity index (χ4n) is 2.31. The van der Waals surface area contributed by atoms with Gasteiger partial charge in [-0.05, 0) is 32.3 Å². The molecule has 0 amide bonds. The molecule has 1 aromatic carbocycles. The normalized spacial score (nSPS) is 14.3. The van der Waals surface area contributed by atoms with Gasteiger partial charge in [-0.3, -0.25) is 0 Å². The molecule has 0 unspecified atom stereocenters. The van der Waals surface area contributed by atoms with E-state index in [0.29, 0.717) is 5.92 Å². The highest BCUT2D eigenvalue weighted by Crippen LogP contribution is 2.40. The topological polar surface area (TPSA) is 37.8 Å². The van der Waals surface area contributed by atoms with E-state index < -0.39 is 0 Å². The van der Waals surface area contributed by atoms with Gasteiger partial charge < -0.3 is 5.32 Å². The average Bonchev–Trinajstić information content (AvgIpc) is 3.29. The van der Waals surface area contributed by atoms with Crippen LogP contribution in [-0.2, 0) is 0 Å². The van der Waals surface area contributed by atoms with Crippen molar-refractivity contribution in [1.82, 2.24) is 9.97 Å². The van der Waals surface area contributed by atoms with Gasteiger partial charge in [-0.1, -0.05) is 30.7 Å². The molecule has 0 bridgehead atoms. The van der Waals surface area contributed by atoms with Crippen molar-refractivity contribution in [2.75, 3.05) is 11.9 Å². The number of aromatic nitrogens is 2. The van der Waals surface area contributed by atoms with Gasteiger partial charge in [0, 0.05) is 29.8 Å². The number of hydrogen-bond donors (Lipinski definition) is 1. The van der Waals surface area contributed by atoms with Crippen LogP contribution in [0, 0.1) is 6.92 Å². The van der Waals surface area contributed by atoms with Crippen LogP contribution in [0.25, 0.3) is 11.4 Å². The average molecular weight is 267 g/mol. The Balaban J connectivity index is 1.98. The molecule has 1 heterocycles. The highest BCUT2D eigenvalue weighted by molar-refractivity contribution is 5.59. The first kappa shape index (κ1) is 13.1. The lowest BCUT2D eigenvalue weighted by Gasteiger charge is -2.09. The van der Waals surface area contributed by atoms with Crippen molar-refractivity contribution in [3.05, 3.63) is 41.6 Å². The molecule has 20 heavy (non-hydrogen) atoms. The van der Waals surface area contributed by atoms with Gasteiger partial charge in [-0.25, -0.2) is 9.97 Å². The summed E-state index contributed by atoms with van der Waals surface area (Å²) in [4.78, 5) is 9.43. The monoisotopic (exact) mass is 267 g/mol. The molecule has 0 spiro atoms. The predicted octanol–water partition coefficient (Wildman–Crippen LogP) is 4.15. The summed E-state index contributed by atoms with van der Waals surface area (Å²) >= 11 is 0. The summed E-state index contributed by atoms with van der Waals surface area (Å²) in [5.74, 6) is 2.45. The van der Waals surface area contributed by atoms with E-state index in [1.165, 1.54) is 24.1 Å². The van der Waals surface area contributed by atoms with E-state index >= 15 is 0 Å². The number of nitrogens with one attached hydrogen (secondary N) is 1. The lowest BCUT2D eigenvalue weighted by molar-refractivity contribution is 0.948. The van der Waals surface area contributed by atoms with E-state index in [-0.39, 0.29) is 0 Å². The lowest BCUT2D eigenvalue weighted by atomic mass is 10.1. The van der Waals surface area contributed by atoms with Gasteiger partial charge in [0.15, 0.2) is 5.82 Å². The van der Waals surface area contributed by atoms with Gasteiger partial charge in [0.2, 0.25) is 0 Å². The molecule has 3 heteroatoms. The van der Waals surface area contributed by atoms with E-state index in [2.05, 4.69) is 54.5 Å². The molecule has 2 aromatic rings. The minimum Gasteiger partial charge on any atom is -0.370 e. The lowest BCUT2D eigenvalue weighted by Crippen LogP contribution is -2.05. The van der Waals surface area contributed by atoms with Crippen LogP contribution in [0.3, 0.4) is 0 Å². The van der Waals surface area contributed by atoms with E-state index in [9.17, 15) is 0 Å². The van der Waals surface area contributed by atoms with Gasteiger partial charge in [-0.15, -0.1) is 0 Å². The van der Waals surface area contributed by atoms with E-state index in [1.54, 1.807) is 0 Å². The minimum atomic E-state index is 0.642. The van der Waals surface area contributed by atoms with Crippen molar-refractivity contribution in [3.8, 4) is 11.4 Å². The number of rotatable bonds is 5. The summed E-state index contributed by atoms with van der Waals surface area (Å²) in [5.41, 5.74) is 3.54. The molecule has 0 atom stereocenters. The summed E-state index contributed by atoms with van der Waals surface area (Å²) in [5, 5.41) is 3.39. The molecule has 1 aliphatic rings. The van der Waals surface area contributed by atoms with Crippen LogP contribution >= 0.6 is 0 Å². The van der Waals surface area contributed by atoms with Gasteiger partial charge in [0.25, 0.3) is 0 Å². The molecule has 1 aromatic heterocycles. The van der Waals surface area contributed by atoms with Gasteiger partial charge in [-0.2, -0.15) is 0 Å². The molecule has 0 saturated heterocycles. The summed E-state index contributed by atoms with van der Waals surface area (Å²) in [6.45, 7) is 5.22. The maximum absolute atomic E-state index is 4.76. The van der Waals surface area contributed by atoms with Crippen LogP contribution in [-0.4, -0.2) is 16.5 Å². The second kappa shape index (κ2) is 5.61. The zero-order valence-corrected chi connectivity index (χ0v) is 12.2. The molecule has 0 radical (unpaired) electrons. The molecule has 104 valence electrons. The first-order valence-corrected chi connectivity index (χ1v) is 7.46. The molecule has 1 saturated carbocycles. The maximum atomic E-state index is 4.76. The molecular weight excluding hydrogens is 246 g/mol. The van der Waals surface area contributed by atoms with Crippen molar-refractivity contribution in [2.24, 2.45) is 0 Å². The zero-order chi connectivity index (χ0) is 13.9. The van der Waals surface area contributed by atoms with Crippen LogP contribution in [0.5, 0.6) is 0 Å². The smallest absolute Gasteiger partial charge is 0.161 e. The predicted molar refractivity (Wildman–Crippen MR) is 83.0 cm³/mol. The SMILES string of the molecule is CCCNc1cc(C2CC2)nc(-c2cccc(C)c2)n1. The largest absolute Gasteiger partial charge is 0.370 e. The van der Waals surface area contributed by atoms with E-state index in [1.807, 2.05) is 0 Å². The van der Waals surface area contributed by atoms with Crippen molar-refractivity contribution in [1.29, 1.82) is 0 Å². The fraction of sp³-hybridized carbons (Fsp3) is 0.412. The Morgan fingerprint density at radius 2 is 2.05 bits per heavy atom. The van der Waals surface area contributed by atoms with Crippen molar-refractivity contribution in [3.63, 3.8) is 0 Å². The van der Waals surface area contributed by atoms with Gasteiger partial charge in [0.05, 0.1) is 0 Å². The number of anilines is 1. The highest BCUT2D eigenvalue weighted by Gasteiger charge is 2.26. The summed E-state index contributed by atoms with van der Waals surface area (Å²) in [6, 6.07) is 10.5. The standard InChI is InChI=1S/C17H21N3/c1-3-9-18-16-11-15(13-7-8-13)19-17(20-16)14-6-4-5-12(2)10-14/h4-6,10-11,13H,3,7-9H2,1-2H3,(H,18,19,20). The van der Waals surface area contributed by atoms with Crippen LogP contribution < -0.4 is 5.32 Å². The molecular formula is C17H21N3. The van der Waals surface area contributed by atoms with Crippen molar-refractivity contribution >= 4 is 5.82 Å². The highest BCUT2D eigenvalue weighted by atomic mass is 15.0. The molecule has 1 fully saturated rings. The van der Waals surface area contributed by atoms with Gasteiger partial charge in [0.1, 0.15) is 5.82 Å². The molecule has 1 N–H and O–H groups in total. The number of nitrogens with zero attached hydrogens (tertiary/aromatic N) is 2. The van der Waals surface area contributed by atoms with Crippen molar-refractivity contribution < 1.29 is 0 Å². The summed E-state index contributed by atoms with van der Waals surface area (Å²) in [6.07, 6.45) is 3.62. The molecule has 3 nitrogen and oxygen atoms in total. The quantitative estimate of drug-likeness (QED) is 0.884. The van der Waals surface area contributed by atoms with Crippen LogP contribution in [0.4, 0.5) is 5.82 Å². The Bertz CT molecular complexity index is 603. The number of aryl methyl sites for hydroxylation is 1. The van der Waals surface area contributed by atoms with Crippen LogP contribution in [0.15, 0.2) is 30.3 Å². The maximum Gasteiger partial charge on any atom is 0.161 e. The fourth-order valence-corrected chi connectivity index (χ4v) is 2.31. The first-order chi connectivity index (χ1) is 9.76. The van der Waals surface area contributed by atoms with Crippen LogP contribution in [0.1, 0.15) is 43.4 Å². The first-order valence-electron chi connectivity index (χ1n) is 7.46. The Morgan fingerprint density at radius 1 is 1.20 bits per heavy atom. The Kier molecular flexibility index (Phi) is 3.68. The third kappa shape index (κ3) is 2.98. The second-order valence-electron chi connectivity index (χ2n) is 5.57. The van der Waals surface area contributed by atoms with E-state index in [4.69, 9.17) is 4.98 Å². The Hall–Kier alpha value is -1.90. The number of hydrogen-bond acceptors (Lipinski definition) is 3. The zero-order valence-electron chi connectivity index (χ0n) is 12.2. The van der Waals surface area contributed by atoms with Crippen molar-refractivity contribution in [2.45, 2.75) is 39.0 Å².